The van der Waals surface area contributed by atoms with E-state index in [1.165, 1.54) is 12.0 Å². The number of aliphatic imine (C=N–C) groups is 1. The van der Waals surface area contributed by atoms with Gasteiger partial charge in [-0.2, -0.15) is 0 Å². The zero-order valence-electron chi connectivity index (χ0n) is 18.2. The van der Waals surface area contributed by atoms with Crippen LogP contribution in [0, 0.1) is 0 Å². The van der Waals surface area contributed by atoms with E-state index in [0.717, 1.165) is 44.3 Å². The fourth-order valence-electron chi connectivity index (χ4n) is 3.55. The fourth-order valence-corrected chi connectivity index (χ4v) is 3.55. The van der Waals surface area contributed by atoms with E-state index in [0.29, 0.717) is 18.5 Å². The second-order valence-electron chi connectivity index (χ2n) is 8.77. The van der Waals surface area contributed by atoms with E-state index in [9.17, 15) is 0 Å². The first-order chi connectivity index (χ1) is 13.9. The summed E-state index contributed by atoms with van der Waals surface area (Å²) < 4.78 is 5.87. The lowest BCUT2D eigenvalue weighted by Crippen LogP contribution is -2.51. The van der Waals surface area contributed by atoms with Crippen LogP contribution in [0.15, 0.2) is 45.9 Å². The highest BCUT2D eigenvalue weighted by molar-refractivity contribution is 5.80. The van der Waals surface area contributed by atoms with Crippen molar-refractivity contribution in [3.8, 4) is 0 Å². The van der Waals surface area contributed by atoms with Crippen molar-refractivity contribution in [3.63, 3.8) is 0 Å². The van der Waals surface area contributed by atoms with Crippen LogP contribution in [-0.2, 0) is 18.5 Å². The van der Waals surface area contributed by atoms with Crippen LogP contribution in [0.5, 0.6) is 0 Å². The number of oxazole rings is 1. The molecule has 29 heavy (non-hydrogen) atoms. The van der Waals surface area contributed by atoms with Gasteiger partial charge in [0.25, 0.3) is 0 Å². The Kier molecular flexibility index (Phi) is 7.31. The molecule has 2 aromatic rings. The third-order valence-electron chi connectivity index (χ3n) is 5.10. The molecule has 0 aliphatic carbocycles. The van der Waals surface area contributed by atoms with E-state index in [2.05, 4.69) is 78.5 Å². The molecule has 3 rings (SSSR count). The lowest BCUT2D eigenvalue weighted by molar-refractivity contribution is 0.192. The number of aromatic nitrogens is 1. The molecular weight excluding hydrogens is 362 g/mol. The minimum absolute atomic E-state index is 0.0397. The first-order valence-electron chi connectivity index (χ1n) is 10.7. The number of piperidine rings is 1. The lowest BCUT2D eigenvalue weighted by atomic mass is 9.94. The second kappa shape index (κ2) is 9.92. The number of guanidine groups is 1. The molecular formula is C23H35N5O. The van der Waals surface area contributed by atoms with E-state index in [-0.39, 0.29) is 5.41 Å². The number of nitrogens with one attached hydrogen (secondary N) is 2. The highest BCUT2D eigenvalue weighted by Crippen LogP contribution is 2.22. The van der Waals surface area contributed by atoms with Crippen molar-refractivity contribution in [3.05, 3.63) is 53.7 Å². The summed E-state index contributed by atoms with van der Waals surface area (Å²) in [5.41, 5.74) is 1.33. The molecule has 0 radical (unpaired) electrons. The quantitative estimate of drug-likeness (QED) is 0.575. The SMILES string of the molecule is CCNC(=NCc1ncc(C(C)(C)C)o1)NC1CCCN(Cc2ccccc2)C1. The third kappa shape index (κ3) is 6.60. The highest BCUT2D eigenvalue weighted by Gasteiger charge is 2.21. The number of nitrogens with zero attached hydrogens (tertiary/aromatic N) is 3. The summed E-state index contributed by atoms with van der Waals surface area (Å²) in [5.74, 6) is 2.38. The zero-order chi connectivity index (χ0) is 20.7. The standard InChI is InChI=1S/C23H35N5O/c1-5-24-22(26-15-21-25-14-20(29-21)23(2,3)4)27-19-12-9-13-28(17-19)16-18-10-7-6-8-11-18/h6-8,10-11,14,19H,5,9,12-13,15-17H2,1-4H3,(H2,24,26,27). The molecule has 0 bridgehead atoms. The van der Waals surface area contributed by atoms with E-state index in [4.69, 9.17) is 9.41 Å². The minimum Gasteiger partial charge on any atom is -0.443 e. The maximum atomic E-state index is 5.87. The molecule has 1 fully saturated rings. The Morgan fingerprint density at radius 3 is 2.76 bits per heavy atom. The molecule has 0 spiro atoms. The van der Waals surface area contributed by atoms with Crippen LogP contribution in [0.1, 0.15) is 57.8 Å². The number of hydrogen-bond donors (Lipinski definition) is 2. The van der Waals surface area contributed by atoms with E-state index >= 15 is 0 Å². The van der Waals surface area contributed by atoms with Crippen LogP contribution in [0.4, 0.5) is 0 Å². The second-order valence-corrected chi connectivity index (χ2v) is 8.77. The maximum absolute atomic E-state index is 5.87. The predicted molar refractivity (Wildman–Crippen MR) is 118 cm³/mol. The molecule has 1 aromatic carbocycles. The lowest BCUT2D eigenvalue weighted by Gasteiger charge is -2.34. The average Bonchev–Trinajstić information content (AvgIpc) is 3.17. The molecule has 0 amide bonds. The van der Waals surface area contributed by atoms with Gasteiger partial charge in [0.1, 0.15) is 12.3 Å². The minimum atomic E-state index is -0.0397. The molecule has 1 atom stereocenters. The van der Waals surface area contributed by atoms with Gasteiger partial charge in [-0.05, 0) is 31.9 Å². The summed E-state index contributed by atoms with van der Waals surface area (Å²) in [7, 11) is 0. The van der Waals surface area contributed by atoms with Crippen LogP contribution in [0.2, 0.25) is 0 Å². The molecule has 6 heteroatoms. The summed E-state index contributed by atoms with van der Waals surface area (Å²) in [6.07, 6.45) is 4.16. The number of benzene rings is 1. The first kappa shape index (κ1) is 21.4. The molecule has 1 aromatic heterocycles. The topological polar surface area (TPSA) is 65.7 Å². The van der Waals surface area contributed by atoms with Gasteiger partial charge in [0.15, 0.2) is 5.96 Å². The van der Waals surface area contributed by atoms with Gasteiger partial charge in [-0.25, -0.2) is 9.98 Å². The van der Waals surface area contributed by atoms with E-state index in [1.54, 1.807) is 0 Å². The number of rotatable bonds is 6. The van der Waals surface area contributed by atoms with Crippen LogP contribution in [0.25, 0.3) is 0 Å². The van der Waals surface area contributed by atoms with Gasteiger partial charge < -0.3 is 15.1 Å². The number of likely N-dealkylation sites (tertiary alicyclic amines) is 1. The molecule has 2 heterocycles. The highest BCUT2D eigenvalue weighted by atomic mass is 16.4. The predicted octanol–water partition coefficient (Wildman–Crippen LogP) is 3.69. The third-order valence-corrected chi connectivity index (χ3v) is 5.10. The number of hydrogen-bond acceptors (Lipinski definition) is 4. The summed E-state index contributed by atoms with van der Waals surface area (Å²) in [6, 6.07) is 11.1. The Hall–Kier alpha value is -2.34. The zero-order valence-corrected chi connectivity index (χ0v) is 18.2. The average molecular weight is 398 g/mol. The molecule has 0 saturated carbocycles. The Labute approximate surface area is 174 Å². The molecule has 1 aliphatic heterocycles. The van der Waals surface area contributed by atoms with Gasteiger partial charge >= 0.3 is 0 Å². The monoisotopic (exact) mass is 397 g/mol. The van der Waals surface area contributed by atoms with Gasteiger partial charge in [-0.15, -0.1) is 0 Å². The summed E-state index contributed by atoms with van der Waals surface area (Å²) in [4.78, 5) is 11.6. The van der Waals surface area contributed by atoms with Crippen molar-refractivity contribution in [2.45, 2.75) is 65.1 Å². The summed E-state index contributed by atoms with van der Waals surface area (Å²) in [6.45, 7) is 12.9. The van der Waals surface area contributed by atoms with Crippen molar-refractivity contribution < 1.29 is 4.42 Å². The van der Waals surface area contributed by atoms with Crippen LogP contribution in [-0.4, -0.2) is 41.5 Å². The van der Waals surface area contributed by atoms with E-state index in [1.807, 2.05) is 6.20 Å². The summed E-state index contributed by atoms with van der Waals surface area (Å²) >= 11 is 0. The molecule has 158 valence electrons. The smallest absolute Gasteiger partial charge is 0.216 e. The Bertz CT molecular complexity index is 778. The Balaban J connectivity index is 1.57. The van der Waals surface area contributed by atoms with Crippen LogP contribution < -0.4 is 10.6 Å². The van der Waals surface area contributed by atoms with Crippen molar-refractivity contribution in [1.29, 1.82) is 0 Å². The Morgan fingerprint density at radius 1 is 1.28 bits per heavy atom. The van der Waals surface area contributed by atoms with E-state index < -0.39 is 0 Å². The van der Waals surface area contributed by atoms with Crippen molar-refractivity contribution in [1.82, 2.24) is 20.5 Å². The fraction of sp³-hybridized carbons (Fsp3) is 0.565. The first-order valence-corrected chi connectivity index (χ1v) is 10.7. The van der Waals surface area contributed by atoms with Crippen molar-refractivity contribution in [2.75, 3.05) is 19.6 Å². The van der Waals surface area contributed by atoms with Crippen molar-refractivity contribution in [2.24, 2.45) is 4.99 Å². The normalized spacial score (nSPS) is 18.6. The van der Waals surface area contributed by atoms with Gasteiger partial charge in [-0.1, -0.05) is 51.1 Å². The molecule has 6 nitrogen and oxygen atoms in total. The molecule has 1 unspecified atom stereocenters. The Morgan fingerprint density at radius 2 is 2.07 bits per heavy atom. The van der Waals surface area contributed by atoms with Crippen molar-refractivity contribution >= 4 is 5.96 Å². The van der Waals surface area contributed by atoms with Gasteiger partial charge in [0.05, 0.1) is 6.20 Å². The van der Waals surface area contributed by atoms with Gasteiger partial charge in [0.2, 0.25) is 5.89 Å². The maximum Gasteiger partial charge on any atom is 0.216 e. The molecule has 1 saturated heterocycles. The van der Waals surface area contributed by atoms with Gasteiger partial charge in [-0.3, -0.25) is 4.90 Å². The van der Waals surface area contributed by atoms with Crippen LogP contribution in [0.3, 0.4) is 0 Å². The molecule has 2 N–H and O–H groups in total. The van der Waals surface area contributed by atoms with Gasteiger partial charge in [0, 0.05) is 31.1 Å². The molecule has 1 aliphatic rings. The van der Waals surface area contributed by atoms with Crippen LogP contribution >= 0.6 is 0 Å². The largest absolute Gasteiger partial charge is 0.443 e. The summed E-state index contributed by atoms with van der Waals surface area (Å²) in [5, 5.41) is 6.96.